The number of nitrogens with zero attached hydrogens (tertiary/aromatic N) is 2. The molecule has 4 nitrogen and oxygen atoms in total. The number of aryl methyl sites for hydroxylation is 1. The third-order valence-corrected chi connectivity index (χ3v) is 6.67. The van der Waals surface area contributed by atoms with Crippen LogP contribution in [0.5, 0.6) is 0 Å². The summed E-state index contributed by atoms with van der Waals surface area (Å²) in [6.45, 7) is 6.41. The standard InChI is InChI=1S/C28H31N3O/c1-2-31-26-10-6-5-9-24(26)25-19-23(15-16-27(25)31)29-28(32)22-13-11-21(12-14-22)20-30-17-7-3-4-8-18-30/h5-6,9-16,19H,2-4,7-8,17-18,20H2,1H3,(H,29,32). The normalized spacial score (nSPS) is 15.2. The quantitative estimate of drug-likeness (QED) is 0.399. The van der Waals surface area contributed by atoms with Crippen molar-refractivity contribution in [2.45, 2.75) is 45.7 Å². The van der Waals surface area contributed by atoms with Gasteiger partial charge in [-0.15, -0.1) is 0 Å². The number of hydrogen-bond donors (Lipinski definition) is 1. The van der Waals surface area contributed by atoms with Crippen molar-refractivity contribution in [1.29, 1.82) is 0 Å². The van der Waals surface area contributed by atoms with Crippen LogP contribution in [0.25, 0.3) is 21.8 Å². The predicted octanol–water partition coefficient (Wildman–Crippen LogP) is 6.44. The molecule has 0 unspecified atom stereocenters. The minimum atomic E-state index is -0.0649. The van der Waals surface area contributed by atoms with Crippen LogP contribution in [0.3, 0.4) is 0 Å². The van der Waals surface area contributed by atoms with Crippen LogP contribution >= 0.6 is 0 Å². The van der Waals surface area contributed by atoms with Gasteiger partial charge in [-0.25, -0.2) is 0 Å². The van der Waals surface area contributed by atoms with Crippen LogP contribution in [0.2, 0.25) is 0 Å². The lowest BCUT2D eigenvalue weighted by atomic mass is 10.1. The lowest BCUT2D eigenvalue weighted by molar-refractivity contribution is 0.102. The van der Waals surface area contributed by atoms with E-state index in [1.54, 1.807) is 0 Å². The van der Waals surface area contributed by atoms with Gasteiger partial charge in [0.1, 0.15) is 0 Å². The number of anilines is 1. The predicted molar refractivity (Wildman–Crippen MR) is 133 cm³/mol. The first-order valence-corrected chi connectivity index (χ1v) is 11.9. The fourth-order valence-electron chi connectivity index (χ4n) is 4.99. The summed E-state index contributed by atoms with van der Waals surface area (Å²) in [5, 5.41) is 5.49. The zero-order valence-electron chi connectivity index (χ0n) is 18.8. The summed E-state index contributed by atoms with van der Waals surface area (Å²) < 4.78 is 2.32. The van der Waals surface area contributed by atoms with E-state index in [-0.39, 0.29) is 5.91 Å². The molecule has 164 valence electrons. The number of likely N-dealkylation sites (tertiary alicyclic amines) is 1. The minimum Gasteiger partial charge on any atom is -0.341 e. The first-order chi connectivity index (χ1) is 15.7. The summed E-state index contributed by atoms with van der Waals surface area (Å²) >= 11 is 0. The Balaban J connectivity index is 1.32. The van der Waals surface area contributed by atoms with Crippen molar-refractivity contribution in [2.24, 2.45) is 0 Å². The Morgan fingerprint density at radius 1 is 0.844 bits per heavy atom. The second-order valence-electron chi connectivity index (χ2n) is 8.83. The van der Waals surface area contributed by atoms with E-state index in [1.807, 2.05) is 18.2 Å². The first kappa shape index (κ1) is 20.8. The molecule has 4 aromatic rings. The number of carbonyl (C=O) groups excluding carboxylic acids is 1. The molecule has 0 radical (unpaired) electrons. The van der Waals surface area contributed by atoms with Gasteiger partial charge in [-0.1, -0.05) is 43.2 Å². The van der Waals surface area contributed by atoms with E-state index in [2.05, 4.69) is 70.2 Å². The Bertz CT molecular complexity index is 1230. The fraction of sp³-hybridized carbons (Fsp3) is 0.321. The lowest BCUT2D eigenvalue weighted by Gasteiger charge is -2.19. The second-order valence-corrected chi connectivity index (χ2v) is 8.83. The summed E-state index contributed by atoms with van der Waals surface area (Å²) in [5.41, 5.74) is 5.23. The number of carbonyl (C=O) groups is 1. The molecule has 1 N–H and O–H groups in total. The van der Waals surface area contributed by atoms with E-state index >= 15 is 0 Å². The number of hydrogen-bond acceptors (Lipinski definition) is 2. The maximum Gasteiger partial charge on any atom is 0.255 e. The molecule has 1 aliphatic heterocycles. The largest absolute Gasteiger partial charge is 0.341 e. The van der Waals surface area contributed by atoms with E-state index < -0.39 is 0 Å². The number of para-hydroxylation sites is 1. The Labute approximate surface area is 189 Å². The SMILES string of the molecule is CCn1c2ccccc2c2cc(NC(=O)c3ccc(CN4CCCCCC4)cc3)ccc21. The first-order valence-electron chi connectivity index (χ1n) is 11.9. The number of fused-ring (bicyclic) bond motifs is 3. The van der Waals surface area contributed by atoms with Crippen LogP contribution in [0.4, 0.5) is 5.69 Å². The van der Waals surface area contributed by atoms with Crippen LogP contribution in [0, 0.1) is 0 Å². The second kappa shape index (κ2) is 9.17. The van der Waals surface area contributed by atoms with E-state index in [1.165, 1.54) is 66.1 Å². The minimum absolute atomic E-state index is 0.0649. The summed E-state index contributed by atoms with van der Waals surface area (Å²) in [7, 11) is 0. The Kier molecular flexibility index (Phi) is 5.95. The number of aromatic nitrogens is 1. The molecule has 0 atom stereocenters. The summed E-state index contributed by atoms with van der Waals surface area (Å²) in [5.74, 6) is -0.0649. The van der Waals surface area contributed by atoms with Crippen LogP contribution in [-0.2, 0) is 13.1 Å². The van der Waals surface area contributed by atoms with Crippen molar-refractivity contribution in [2.75, 3.05) is 18.4 Å². The summed E-state index contributed by atoms with van der Waals surface area (Å²) in [6.07, 6.45) is 5.28. The molecule has 1 saturated heterocycles. The highest BCUT2D eigenvalue weighted by Crippen LogP contribution is 2.31. The molecule has 1 fully saturated rings. The molecular weight excluding hydrogens is 394 g/mol. The van der Waals surface area contributed by atoms with E-state index in [0.717, 1.165) is 18.8 Å². The zero-order chi connectivity index (χ0) is 21.9. The van der Waals surface area contributed by atoms with Gasteiger partial charge in [-0.3, -0.25) is 9.69 Å². The van der Waals surface area contributed by atoms with Crippen molar-refractivity contribution in [1.82, 2.24) is 9.47 Å². The Hall–Kier alpha value is -3.11. The van der Waals surface area contributed by atoms with E-state index in [9.17, 15) is 4.79 Å². The molecule has 0 spiro atoms. The maximum absolute atomic E-state index is 12.9. The molecule has 0 saturated carbocycles. The molecule has 0 aliphatic carbocycles. The van der Waals surface area contributed by atoms with Crippen molar-refractivity contribution in [3.8, 4) is 0 Å². The third kappa shape index (κ3) is 4.15. The Morgan fingerprint density at radius 2 is 1.56 bits per heavy atom. The maximum atomic E-state index is 12.9. The monoisotopic (exact) mass is 425 g/mol. The molecular formula is C28H31N3O. The summed E-state index contributed by atoms with van der Waals surface area (Å²) in [6, 6.07) is 22.7. The average molecular weight is 426 g/mol. The van der Waals surface area contributed by atoms with Gasteiger partial charge in [0, 0.05) is 46.1 Å². The lowest BCUT2D eigenvalue weighted by Crippen LogP contribution is -2.24. The van der Waals surface area contributed by atoms with Gasteiger partial charge in [0.05, 0.1) is 0 Å². The average Bonchev–Trinajstić information content (AvgIpc) is 2.94. The van der Waals surface area contributed by atoms with Crippen molar-refractivity contribution in [3.05, 3.63) is 77.9 Å². The molecule has 3 aromatic carbocycles. The molecule has 1 aromatic heterocycles. The van der Waals surface area contributed by atoms with Crippen LogP contribution < -0.4 is 5.32 Å². The van der Waals surface area contributed by atoms with Gasteiger partial charge < -0.3 is 9.88 Å². The van der Waals surface area contributed by atoms with Crippen LogP contribution in [0.15, 0.2) is 66.7 Å². The topological polar surface area (TPSA) is 37.3 Å². The highest BCUT2D eigenvalue weighted by Gasteiger charge is 2.13. The van der Waals surface area contributed by atoms with Crippen molar-refractivity contribution >= 4 is 33.4 Å². The third-order valence-electron chi connectivity index (χ3n) is 6.67. The number of amides is 1. The number of rotatable bonds is 5. The van der Waals surface area contributed by atoms with Gasteiger partial charge in [-0.05, 0) is 74.8 Å². The van der Waals surface area contributed by atoms with Gasteiger partial charge in [0.25, 0.3) is 5.91 Å². The molecule has 4 heteroatoms. The van der Waals surface area contributed by atoms with Crippen molar-refractivity contribution in [3.63, 3.8) is 0 Å². The highest BCUT2D eigenvalue weighted by molar-refractivity contribution is 6.11. The highest BCUT2D eigenvalue weighted by atomic mass is 16.1. The number of nitrogens with one attached hydrogen (secondary N) is 1. The molecule has 32 heavy (non-hydrogen) atoms. The summed E-state index contributed by atoms with van der Waals surface area (Å²) in [4.78, 5) is 15.4. The van der Waals surface area contributed by atoms with Gasteiger partial charge in [0.2, 0.25) is 0 Å². The van der Waals surface area contributed by atoms with Gasteiger partial charge in [-0.2, -0.15) is 0 Å². The van der Waals surface area contributed by atoms with E-state index in [0.29, 0.717) is 5.56 Å². The molecule has 0 bridgehead atoms. The molecule has 2 heterocycles. The molecule has 5 rings (SSSR count). The zero-order valence-corrected chi connectivity index (χ0v) is 18.8. The van der Waals surface area contributed by atoms with Gasteiger partial charge >= 0.3 is 0 Å². The Morgan fingerprint density at radius 3 is 2.31 bits per heavy atom. The molecule has 1 amide bonds. The smallest absolute Gasteiger partial charge is 0.255 e. The molecule has 1 aliphatic rings. The van der Waals surface area contributed by atoms with Gasteiger partial charge in [0.15, 0.2) is 0 Å². The number of benzene rings is 3. The van der Waals surface area contributed by atoms with Crippen molar-refractivity contribution < 1.29 is 4.79 Å². The fourth-order valence-corrected chi connectivity index (χ4v) is 4.99. The van der Waals surface area contributed by atoms with E-state index in [4.69, 9.17) is 0 Å². The van der Waals surface area contributed by atoms with Crippen LogP contribution in [0.1, 0.15) is 48.5 Å². The van der Waals surface area contributed by atoms with Crippen LogP contribution in [-0.4, -0.2) is 28.5 Å².